The normalized spacial score (nSPS) is 10.8. The lowest BCUT2D eigenvalue weighted by Gasteiger charge is -2.07. The van der Waals surface area contributed by atoms with Crippen LogP contribution in [-0.2, 0) is 6.42 Å². The van der Waals surface area contributed by atoms with E-state index in [1.54, 1.807) is 0 Å². The van der Waals surface area contributed by atoms with E-state index in [-0.39, 0.29) is 16.0 Å². The molecule has 1 N–H and O–H groups in total. The molecular weight excluding hydrogens is 341 g/mol. The summed E-state index contributed by atoms with van der Waals surface area (Å²) in [6, 6.07) is 1.75. The Balaban J connectivity index is 2.66. The van der Waals surface area contributed by atoms with Crippen molar-refractivity contribution in [1.82, 2.24) is 9.97 Å². The molecule has 7 heteroatoms. The standard InChI is InChI=1S/C12H8BrF3N2S/c1-2-8-9(13)12(19)18-11(17-8)5-3-6(14)10(16)7(15)4-5/h3-4H,2H2,1H3,(H,17,18,19). The smallest absolute Gasteiger partial charge is 0.194 e. The molecule has 19 heavy (non-hydrogen) atoms. The van der Waals surface area contributed by atoms with E-state index >= 15 is 0 Å². The molecule has 2 aromatic rings. The number of rotatable bonds is 2. The lowest BCUT2D eigenvalue weighted by atomic mass is 10.2. The highest BCUT2D eigenvalue weighted by Gasteiger charge is 2.14. The fraction of sp³-hybridized carbons (Fsp3) is 0.167. The Labute approximate surface area is 120 Å². The van der Waals surface area contributed by atoms with Crippen molar-refractivity contribution < 1.29 is 13.2 Å². The predicted molar refractivity (Wildman–Crippen MR) is 71.8 cm³/mol. The number of halogens is 4. The number of aromatic amines is 1. The second-order valence-electron chi connectivity index (χ2n) is 3.79. The zero-order valence-electron chi connectivity index (χ0n) is 9.73. The van der Waals surface area contributed by atoms with E-state index in [0.717, 1.165) is 17.8 Å². The van der Waals surface area contributed by atoms with Gasteiger partial charge in [0.05, 0.1) is 4.47 Å². The van der Waals surface area contributed by atoms with Crippen molar-refractivity contribution in [2.45, 2.75) is 13.3 Å². The minimum atomic E-state index is -1.50. The lowest BCUT2D eigenvalue weighted by molar-refractivity contribution is 0.447. The van der Waals surface area contributed by atoms with Crippen LogP contribution in [0.5, 0.6) is 0 Å². The molecule has 0 radical (unpaired) electrons. The number of nitrogens with zero attached hydrogens (tertiary/aromatic N) is 1. The predicted octanol–water partition coefficient (Wildman–Crippen LogP) is 4.55. The van der Waals surface area contributed by atoms with Gasteiger partial charge in [0.1, 0.15) is 10.5 Å². The molecule has 0 saturated carbocycles. The van der Waals surface area contributed by atoms with Gasteiger partial charge in [0.15, 0.2) is 17.5 Å². The van der Waals surface area contributed by atoms with Gasteiger partial charge in [-0.3, -0.25) is 0 Å². The average Bonchev–Trinajstić information content (AvgIpc) is 2.38. The van der Waals surface area contributed by atoms with Gasteiger partial charge in [0.25, 0.3) is 0 Å². The first-order valence-electron chi connectivity index (χ1n) is 5.37. The van der Waals surface area contributed by atoms with Crippen molar-refractivity contribution in [3.8, 4) is 11.4 Å². The quantitative estimate of drug-likeness (QED) is 0.637. The fourth-order valence-electron chi connectivity index (χ4n) is 1.58. The molecule has 0 bridgehead atoms. The molecule has 0 atom stereocenters. The number of hydrogen-bond donors (Lipinski definition) is 1. The number of H-pyrrole nitrogens is 1. The Hall–Kier alpha value is -1.21. The molecule has 0 aliphatic carbocycles. The van der Waals surface area contributed by atoms with Crippen LogP contribution < -0.4 is 0 Å². The van der Waals surface area contributed by atoms with Crippen molar-refractivity contribution in [2.24, 2.45) is 0 Å². The lowest BCUT2D eigenvalue weighted by Crippen LogP contribution is -1.99. The van der Waals surface area contributed by atoms with Gasteiger partial charge in [0.2, 0.25) is 0 Å². The first-order chi connectivity index (χ1) is 8.93. The van der Waals surface area contributed by atoms with Gasteiger partial charge in [-0.15, -0.1) is 0 Å². The van der Waals surface area contributed by atoms with Gasteiger partial charge in [-0.25, -0.2) is 18.2 Å². The molecule has 0 spiro atoms. The maximum atomic E-state index is 13.2. The maximum absolute atomic E-state index is 13.2. The molecule has 0 saturated heterocycles. The van der Waals surface area contributed by atoms with Crippen molar-refractivity contribution in [2.75, 3.05) is 0 Å². The van der Waals surface area contributed by atoms with E-state index in [4.69, 9.17) is 12.2 Å². The molecule has 0 unspecified atom stereocenters. The van der Waals surface area contributed by atoms with Gasteiger partial charge >= 0.3 is 0 Å². The van der Waals surface area contributed by atoms with Gasteiger partial charge in [-0.2, -0.15) is 0 Å². The number of benzene rings is 1. The Morgan fingerprint density at radius 1 is 1.26 bits per heavy atom. The van der Waals surface area contributed by atoms with Crippen LogP contribution in [0, 0.1) is 22.1 Å². The summed E-state index contributed by atoms with van der Waals surface area (Å²) >= 11 is 8.33. The van der Waals surface area contributed by atoms with E-state index < -0.39 is 17.5 Å². The SMILES string of the molecule is CCc1[nH]c(-c2cc(F)c(F)c(F)c2)nc(=S)c1Br. The summed E-state index contributed by atoms with van der Waals surface area (Å²) in [6.07, 6.45) is 0.631. The molecule has 0 amide bonds. The largest absolute Gasteiger partial charge is 0.342 e. The molecule has 1 heterocycles. The molecular formula is C12H8BrF3N2S. The number of hydrogen-bond acceptors (Lipinski definition) is 2. The summed E-state index contributed by atoms with van der Waals surface area (Å²) < 4.78 is 40.2. The van der Waals surface area contributed by atoms with E-state index in [9.17, 15) is 13.2 Å². The molecule has 0 aliphatic heterocycles. The summed E-state index contributed by atoms with van der Waals surface area (Å²) in [7, 11) is 0. The highest BCUT2D eigenvalue weighted by Crippen LogP contribution is 2.24. The second-order valence-corrected chi connectivity index (χ2v) is 4.97. The molecule has 2 nitrogen and oxygen atoms in total. The summed E-state index contributed by atoms with van der Waals surface area (Å²) in [5, 5.41) is 0. The minimum absolute atomic E-state index is 0.102. The van der Waals surface area contributed by atoms with Crippen LogP contribution in [-0.4, -0.2) is 9.97 Å². The van der Waals surface area contributed by atoms with Gasteiger partial charge in [-0.05, 0) is 34.5 Å². The topological polar surface area (TPSA) is 28.7 Å². The highest BCUT2D eigenvalue weighted by atomic mass is 79.9. The summed E-state index contributed by atoms with van der Waals surface area (Å²) in [4.78, 5) is 6.93. The first kappa shape index (κ1) is 14.2. The van der Waals surface area contributed by atoms with Crippen LogP contribution in [0.3, 0.4) is 0 Å². The van der Waals surface area contributed by atoms with E-state index in [2.05, 4.69) is 25.9 Å². The van der Waals surface area contributed by atoms with Crippen molar-refractivity contribution >= 4 is 28.1 Å². The number of aromatic nitrogens is 2. The van der Waals surface area contributed by atoms with E-state index in [0.29, 0.717) is 10.9 Å². The zero-order chi connectivity index (χ0) is 14.2. The van der Waals surface area contributed by atoms with Gasteiger partial charge < -0.3 is 4.98 Å². The van der Waals surface area contributed by atoms with Crippen LogP contribution >= 0.6 is 28.1 Å². The molecule has 2 rings (SSSR count). The average molecular weight is 349 g/mol. The van der Waals surface area contributed by atoms with E-state index in [1.807, 2.05) is 6.92 Å². The summed E-state index contributed by atoms with van der Waals surface area (Å²) in [5.74, 6) is -3.84. The van der Waals surface area contributed by atoms with Crippen molar-refractivity contribution in [3.63, 3.8) is 0 Å². The molecule has 100 valence electrons. The Kier molecular flexibility index (Phi) is 4.05. The highest BCUT2D eigenvalue weighted by molar-refractivity contribution is 9.10. The Bertz CT molecular complexity index is 677. The third-order valence-electron chi connectivity index (χ3n) is 2.55. The molecule has 0 fully saturated rings. The fourth-order valence-corrected chi connectivity index (χ4v) is 2.26. The third-order valence-corrected chi connectivity index (χ3v) is 3.96. The van der Waals surface area contributed by atoms with Crippen LogP contribution in [0.2, 0.25) is 0 Å². The van der Waals surface area contributed by atoms with Crippen molar-refractivity contribution in [3.05, 3.63) is 44.4 Å². The first-order valence-corrected chi connectivity index (χ1v) is 6.57. The van der Waals surface area contributed by atoms with Gasteiger partial charge in [0, 0.05) is 11.3 Å². The second kappa shape index (κ2) is 5.42. The Morgan fingerprint density at radius 2 is 1.84 bits per heavy atom. The zero-order valence-corrected chi connectivity index (χ0v) is 12.1. The van der Waals surface area contributed by atoms with E-state index in [1.165, 1.54) is 0 Å². The third kappa shape index (κ3) is 2.71. The Morgan fingerprint density at radius 3 is 2.37 bits per heavy atom. The van der Waals surface area contributed by atoms with Crippen LogP contribution in [0.4, 0.5) is 13.2 Å². The van der Waals surface area contributed by atoms with Crippen LogP contribution in [0.1, 0.15) is 12.6 Å². The number of nitrogens with one attached hydrogen (secondary N) is 1. The maximum Gasteiger partial charge on any atom is 0.194 e. The van der Waals surface area contributed by atoms with Gasteiger partial charge in [-0.1, -0.05) is 19.1 Å². The minimum Gasteiger partial charge on any atom is -0.342 e. The molecule has 1 aromatic heterocycles. The van der Waals surface area contributed by atoms with Crippen LogP contribution in [0.25, 0.3) is 11.4 Å². The number of aryl methyl sites for hydroxylation is 1. The van der Waals surface area contributed by atoms with Crippen molar-refractivity contribution in [1.29, 1.82) is 0 Å². The summed E-state index contributed by atoms with van der Waals surface area (Å²) in [6.45, 7) is 1.89. The van der Waals surface area contributed by atoms with Crippen LogP contribution in [0.15, 0.2) is 16.6 Å². The molecule has 0 aliphatic rings. The monoisotopic (exact) mass is 348 g/mol. The summed E-state index contributed by atoms with van der Waals surface area (Å²) in [5.41, 5.74) is 0.852. The molecule has 1 aromatic carbocycles.